The Hall–Kier alpha value is -1.36. The Kier molecular flexibility index (Phi) is 3.24. The normalized spacial score (nSPS) is 23.1. The van der Waals surface area contributed by atoms with Crippen LogP contribution in [0.5, 0.6) is 0 Å². The summed E-state index contributed by atoms with van der Waals surface area (Å²) in [4.78, 5) is 12.9. The molecule has 0 saturated carbocycles. The molecule has 1 atom stereocenters. The standard InChI is InChI=1S/C11H19N5/c1-9-7-15(2)4-3-5-16(9)11-6-10(12)13-8-14-11/h6,8-9H,3-5,7H2,1-2H3,(H2,12,13,14). The third kappa shape index (κ3) is 2.41. The fourth-order valence-corrected chi connectivity index (χ4v) is 2.23. The predicted molar refractivity (Wildman–Crippen MR) is 65.4 cm³/mol. The zero-order valence-electron chi connectivity index (χ0n) is 9.93. The molecule has 0 aromatic carbocycles. The Bertz CT molecular complexity index is 354. The van der Waals surface area contributed by atoms with Crippen LogP contribution in [0.25, 0.3) is 0 Å². The zero-order chi connectivity index (χ0) is 11.5. The van der Waals surface area contributed by atoms with E-state index in [-0.39, 0.29) is 0 Å². The summed E-state index contributed by atoms with van der Waals surface area (Å²) in [6.45, 7) is 5.45. The summed E-state index contributed by atoms with van der Waals surface area (Å²) in [5.41, 5.74) is 5.69. The third-order valence-electron chi connectivity index (χ3n) is 3.01. The molecule has 1 aromatic heterocycles. The minimum Gasteiger partial charge on any atom is -0.384 e. The monoisotopic (exact) mass is 221 g/mol. The molecule has 0 spiro atoms. The van der Waals surface area contributed by atoms with Crippen LogP contribution in [0, 0.1) is 0 Å². The van der Waals surface area contributed by atoms with E-state index in [4.69, 9.17) is 5.73 Å². The second kappa shape index (κ2) is 4.65. The molecule has 1 aromatic rings. The molecule has 16 heavy (non-hydrogen) atoms. The van der Waals surface area contributed by atoms with E-state index >= 15 is 0 Å². The lowest BCUT2D eigenvalue weighted by molar-refractivity contribution is 0.337. The van der Waals surface area contributed by atoms with Gasteiger partial charge in [0.25, 0.3) is 0 Å². The minimum absolute atomic E-state index is 0.460. The molecule has 2 heterocycles. The molecule has 1 fully saturated rings. The summed E-state index contributed by atoms with van der Waals surface area (Å²) in [7, 11) is 2.16. The lowest BCUT2D eigenvalue weighted by Crippen LogP contribution is -2.38. The highest BCUT2D eigenvalue weighted by Gasteiger charge is 2.20. The molecule has 2 rings (SSSR count). The lowest BCUT2D eigenvalue weighted by atomic mass is 10.2. The Morgan fingerprint density at radius 2 is 2.19 bits per heavy atom. The average molecular weight is 221 g/mol. The molecule has 2 N–H and O–H groups in total. The van der Waals surface area contributed by atoms with Crippen LogP contribution in [0.2, 0.25) is 0 Å². The van der Waals surface area contributed by atoms with Crippen LogP contribution in [0.4, 0.5) is 11.6 Å². The second-order valence-electron chi connectivity index (χ2n) is 4.46. The van der Waals surface area contributed by atoms with E-state index in [0.717, 1.165) is 31.9 Å². The van der Waals surface area contributed by atoms with Gasteiger partial charge in [0.2, 0.25) is 0 Å². The Morgan fingerprint density at radius 3 is 2.94 bits per heavy atom. The molecule has 1 unspecified atom stereocenters. The van der Waals surface area contributed by atoms with Gasteiger partial charge in [-0.15, -0.1) is 0 Å². The van der Waals surface area contributed by atoms with Crippen molar-refractivity contribution < 1.29 is 0 Å². The van der Waals surface area contributed by atoms with E-state index < -0.39 is 0 Å². The van der Waals surface area contributed by atoms with Crippen LogP contribution in [0.1, 0.15) is 13.3 Å². The number of nitrogens with zero attached hydrogens (tertiary/aromatic N) is 4. The first kappa shape index (κ1) is 11.1. The van der Waals surface area contributed by atoms with Crippen LogP contribution in [-0.4, -0.2) is 47.6 Å². The molecule has 5 nitrogen and oxygen atoms in total. The summed E-state index contributed by atoms with van der Waals surface area (Å²) >= 11 is 0. The summed E-state index contributed by atoms with van der Waals surface area (Å²) in [5.74, 6) is 1.48. The SMILES string of the molecule is CC1CN(C)CCCN1c1cc(N)ncn1. The van der Waals surface area contributed by atoms with Crippen molar-refractivity contribution in [3.05, 3.63) is 12.4 Å². The second-order valence-corrected chi connectivity index (χ2v) is 4.46. The van der Waals surface area contributed by atoms with Gasteiger partial charge < -0.3 is 15.5 Å². The molecule has 0 bridgehead atoms. The number of rotatable bonds is 1. The first-order valence-electron chi connectivity index (χ1n) is 5.69. The first-order valence-corrected chi connectivity index (χ1v) is 5.69. The van der Waals surface area contributed by atoms with Crippen LogP contribution in [0.3, 0.4) is 0 Å². The highest BCUT2D eigenvalue weighted by atomic mass is 15.3. The molecule has 1 aliphatic heterocycles. The number of likely N-dealkylation sites (N-methyl/N-ethyl adjacent to an activating group) is 1. The highest BCUT2D eigenvalue weighted by Crippen LogP contribution is 2.18. The fourth-order valence-electron chi connectivity index (χ4n) is 2.23. The number of nitrogen functional groups attached to an aromatic ring is 1. The lowest BCUT2D eigenvalue weighted by Gasteiger charge is -2.28. The van der Waals surface area contributed by atoms with Gasteiger partial charge in [0, 0.05) is 25.2 Å². The Morgan fingerprint density at radius 1 is 1.38 bits per heavy atom. The number of nitrogens with two attached hydrogens (primary N) is 1. The van der Waals surface area contributed by atoms with Gasteiger partial charge in [-0.25, -0.2) is 9.97 Å². The van der Waals surface area contributed by atoms with Crippen molar-refractivity contribution in [1.82, 2.24) is 14.9 Å². The first-order chi connectivity index (χ1) is 7.66. The number of aromatic nitrogens is 2. The van der Waals surface area contributed by atoms with Crippen LogP contribution in [0.15, 0.2) is 12.4 Å². The smallest absolute Gasteiger partial charge is 0.134 e. The van der Waals surface area contributed by atoms with Crippen molar-refractivity contribution in [1.29, 1.82) is 0 Å². The molecule has 0 amide bonds. The molecule has 1 aliphatic rings. The van der Waals surface area contributed by atoms with E-state index in [9.17, 15) is 0 Å². The highest BCUT2D eigenvalue weighted by molar-refractivity contribution is 5.46. The van der Waals surface area contributed by atoms with Gasteiger partial charge in [-0.3, -0.25) is 0 Å². The molecule has 5 heteroatoms. The van der Waals surface area contributed by atoms with E-state index in [1.54, 1.807) is 0 Å². The van der Waals surface area contributed by atoms with Crippen LogP contribution < -0.4 is 10.6 Å². The van der Waals surface area contributed by atoms with Gasteiger partial charge in [-0.05, 0) is 26.9 Å². The van der Waals surface area contributed by atoms with E-state index in [0.29, 0.717) is 11.9 Å². The number of hydrogen-bond donors (Lipinski definition) is 1. The van der Waals surface area contributed by atoms with Crippen molar-refractivity contribution in [2.24, 2.45) is 0 Å². The molecular weight excluding hydrogens is 202 g/mol. The molecule has 1 saturated heterocycles. The largest absolute Gasteiger partial charge is 0.384 e. The van der Waals surface area contributed by atoms with Gasteiger partial charge in [0.15, 0.2) is 0 Å². The quantitative estimate of drug-likeness (QED) is 0.752. The summed E-state index contributed by atoms with van der Waals surface area (Å²) in [6, 6.07) is 2.31. The number of hydrogen-bond acceptors (Lipinski definition) is 5. The maximum absolute atomic E-state index is 5.69. The average Bonchev–Trinajstić information content (AvgIpc) is 2.39. The van der Waals surface area contributed by atoms with E-state index in [1.807, 2.05) is 6.07 Å². The topological polar surface area (TPSA) is 58.3 Å². The van der Waals surface area contributed by atoms with Crippen LogP contribution in [-0.2, 0) is 0 Å². The fraction of sp³-hybridized carbons (Fsp3) is 0.636. The van der Waals surface area contributed by atoms with Crippen molar-refractivity contribution in [3.8, 4) is 0 Å². The molecular formula is C11H19N5. The van der Waals surface area contributed by atoms with Crippen molar-refractivity contribution >= 4 is 11.6 Å². The van der Waals surface area contributed by atoms with Gasteiger partial charge >= 0.3 is 0 Å². The third-order valence-corrected chi connectivity index (χ3v) is 3.01. The molecule has 88 valence electrons. The summed E-state index contributed by atoms with van der Waals surface area (Å²) in [6.07, 6.45) is 2.69. The predicted octanol–water partition coefficient (Wildman–Crippen LogP) is 0.589. The maximum Gasteiger partial charge on any atom is 0.134 e. The molecule has 0 aliphatic carbocycles. The van der Waals surface area contributed by atoms with Gasteiger partial charge in [0.05, 0.1) is 0 Å². The van der Waals surface area contributed by atoms with E-state index in [2.05, 4.69) is 33.7 Å². The Labute approximate surface area is 96.3 Å². The van der Waals surface area contributed by atoms with Crippen LogP contribution >= 0.6 is 0 Å². The van der Waals surface area contributed by atoms with E-state index in [1.165, 1.54) is 6.33 Å². The van der Waals surface area contributed by atoms with Gasteiger partial charge in [0.1, 0.15) is 18.0 Å². The zero-order valence-corrected chi connectivity index (χ0v) is 9.93. The van der Waals surface area contributed by atoms with Crippen molar-refractivity contribution in [3.63, 3.8) is 0 Å². The summed E-state index contributed by atoms with van der Waals surface area (Å²) < 4.78 is 0. The maximum atomic E-state index is 5.69. The van der Waals surface area contributed by atoms with Crippen molar-refractivity contribution in [2.45, 2.75) is 19.4 Å². The number of anilines is 2. The summed E-state index contributed by atoms with van der Waals surface area (Å²) in [5, 5.41) is 0. The molecule has 0 radical (unpaired) electrons. The van der Waals surface area contributed by atoms with Gasteiger partial charge in [-0.1, -0.05) is 0 Å². The Balaban J connectivity index is 2.19. The minimum atomic E-state index is 0.460. The van der Waals surface area contributed by atoms with Gasteiger partial charge in [-0.2, -0.15) is 0 Å². The van der Waals surface area contributed by atoms with Crippen molar-refractivity contribution in [2.75, 3.05) is 37.3 Å².